The van der Waals surface area contributed by atoms with Crippen molar-refractivity contribution < 1.29 is 31.1 Å². The minimum absolute atomic E-state index is 0.0392. The number of benzene rings is 1. The van der Waals surface area contributed by atoms with Crippen molar-refractivity contribution in [2.75, 3.05) is 6.54 Å². The third kappa shape index (κ3) is 4.55. The molecule has 3 rings (SSSR count). The van der Waals surface area contributed by atoms with Crippen LogP contribution >= 0.6 is 0 Å². The molecule has 30 heavy (non-hydrogen) atoms. The zero-order chi connectivity index (χ0) is 22.3. The second-order valence-corrected chi connectivity index (χ2v) is 7.07. The van der Waals surface area contributed by atoms with Crippen molar-refractivity contribution in [1.29, 1.82) is 0 Å². The van der Waals surface area contributed by atoms with Gasteiger partial charge >= 0.3 is 12.4 Å². The summed E-state index contributed by atoms with van der Waals surface area (Å²) in [5.41, 5.74) is -3.03. The van der Waals surface area contributed by atoms with Crippen LogP contribution in [0.15, 0.2) is 36.5 Å². The first kappa shape index (κ1) is 21.6. The number of halogens is 6. The average molecular weight is 430 g/mol. The van der Waals surface area contributed by atoms with Crippen LogP contribution in [0.4, 0.5) is 26.3 Å². The maximum Gasteiger partial charge on any atom is 0.416 e. The standard InChI is InChI=1S/C19H16F6N4O/c1-10(2)8-26-17(30)11-3-4-15-27-28-16(29(15)9-11)12-5-13(18(20,21)22)7-14(6-12)19(23,24)25/h3-7,9-10H,8H2,1-2H3,(H,26,30). The van der Waals surface area contributed by atoms with Crippen LogP contribution in [0.3, 0.4) is 0 Å². The summed E-state index contributed by atoms with van der Waals surface area (Å²) < 4.78 is 80.1. The molecule has 1 N–H and O–H groups in total. The first-order chi connectivity index (χ1) is 13.9. The largest absolute Gasteiger partial charge is 0.416 e. The van der Waals surface area contributed by atoms with Crippen LogP contribution in [0.25, 0.3) is 17.0 Å². The number of carbonyl (C=O) groups excluding carboxylic acids is 1. The van der Waals surface area contributed by atoms with Crippen molar-refractivity contribution >= 4 is 11.6 Å². The van der Waals surface area contributed by atoms with Crippen molar-refractivity contribution in [3.8, 4) is 11.4 Å². The van der Waals surface area contributed by atoms with E-state index in [1.807, 2.05) is 13.8 Å². The number of hydrogen-bond acceptors (Lipinski definition) is 3. The Morgan fingerprint density at radius 3 is 2.13 bits per heavy atom. The molecule has 0 atom stereocenters. The van der Waals surface area contributed by atoms with Gasteiger partial charge in [0.1, 0.15) is 0 Å². The molecule has 1 aromatic carbocycles. The molecule has 0 aliphatic rings. The first-order valence-electron chi connectivity index (χ1n) is 8.79. The van der Waals surface area contributed by atoms with E-state index >= 15 is 0 Å². The van der Waals surface area contributed by atoms with E-state index in [4.69, 9.17) is 0 Å². The number of alkyl halides is 6. The smallest absolute Gasteiger partial charge is 0.352 e. The van der Waals surface area contributed by atoms with Gasteiger partial charge in [0, 0.05) is 18.3 Å². The van der Waals surface area contributed by atoms with Gasteiger partial charge in [-0.3, -0.25) is 9.20 Å². The number of nitrogens with zero attached hydrogens (tertiary/aromatic N) is 3. The van der Waals surface area contributed by atoms with E-state index < -0.39 is 35.0 Å². The molecule has 0 radical (unpaired) electrons. The van der Waals surface area contributed by atoms with Crippen LogP contribution in [0.5, 0.6) is 0 Å². The zero-order valence-electron chi connectivity index (χ0n) is 15.8. The lowest BCUT2D eigenvalue weighted by molar-refractivity contribution is -0.143. The highest BCUT2D eigenvalue weighted by atomic mass is 19.4. The molecule has 0 unspecified atom stereocenters. The SMILES string of the molecule is CC(C)CNC(=O)c1ccc2nnc(-c3cc(C(F)(F)F)cc(C(F)(F)F)c3)n2c1. The molecule has 0 saturated heterocycles. The second-order valence-electron chi connectivity index (χ2n) is 7.07. The Morgan fingerprint density at radius 1 is 1.00 bits per heavy atom. The average Bonchev–Trinajstić information content (AvgIpc) is 3.07. The van der Waals surface area contributed by atoms with Crippen molar-refractivity contribution in [2.24, 2.45) is 5.92 Å². The van der Waals surface area contributed by atoms with Crippen LogP contribution in [-0.2, 0) is 12.4 Å². The fourth-order valence-corrected chi connectivity index (χ4v) is 2.70. The fourth-order valence-electron chi connectivity index (χ4n) is 2.70. The molecule has 3 aromatic rings. The Morgan fingerprint density at radius 2 is 1.60 bits per heavy atom. The third-order valence-electron chi connectivity index (χ3n) is 4.18. The number of aromatic nitrogens is 3. The van der Waals surface area contributed by atoms with Gasteiger partial charge in [0.05, 0.1) is 16.7 Å². The van der Waals surface area contributed by atoms with Gasteiger partial charge in [-0.1, -0.05) is 13.8 Å². The van der Waals surface area contributed by atoms with Gasteiger partial charge < -0.3 is 5.32 Å². The van der Waals surface area contributed by atoms with Gasteiger partial charge in [0.2, 0.25) is 0 Å². The van der Waals surface area contributed by atoms with Gasteiger partial charge in [-0.15, -0.1) is 10.2 Å². The molecule has 0 aliphatic carbocycles. The minimum Gasteiger partial charge on any atom is -0.352 e. The number of amides is 1. The molecule has 0 aliphatic heterocycles. The highest BCUT2D eigenvalue weighted by Crippen LogP contribution is 2.38. The van der Waals surface area contributed by atoms with E-state index in [-0.39, 0.29) is 29.0 Å². The van der Waals surface area contributed by atoms with Gasteiger partial charge in [0.15, 0.2) is 11.5 Å². The number of fused-ring (bicyclic) bond motifs is 1. The van der Waals surface area contributed by atoms with Crippen LogP contribution < -0.4 is 5.32 Å². The Balaban J connectivity index is 2.12. The Bertz CT molecular complexity index is 1050. The quantitative estimate of drug-likeness (QED) is 0.604. The van der Waals surface area contributed by atoms with E-state index in [0.29, 0.717) is 18.7 Å². The summed E-state index contributed by atoms with van der Waals surface area (Å²) in [6.07, 6.45) is -8.70. The lowest BCUT2D eigenvalue weighted by Gasteiger charge is -2.14. The van der Waals surface area contributed by atoms with E-state index in [1.165, 1.54) is 22.7 Å². The maximum atomic E-state index is 13.1. The lowest BCUT2D eigenvalue weighted by atomic mass is 10.0. The fraction of sp³-hybridized carbons (Fsp3) is 0.316. The molecule has 2 heterocycles. The highest BCUT2D eigenvalue weighted by molar-refractivity contribution is 5.94. The van der Waals surface area contributed by atoms with E-state index in [9.17, 15) is 31.1 Å². The van der Waals surface area contributed by atoms with E-state index in [0.717, 1.165) is 0 Å². The summed E-state index contributed by atoms with van der Waals surface area (Å²) in [7, 11) is 0. The van der Waals surface area contributed by atoms with Gasteiger partial charge in [-0.2, -0.15) is 26.3 Å². The first-order valence-corrected chi connectivity index (χ1v) is 8.79. The van der Waals surface area contributed by atoms with E-state index in [2.05, 4.69) is 15.5 Å². The number of carbonyl (C=O) groups is 1. The monoisotopic (exact) mass is 430 g/mol. The molecule has 0 fully saturated rings. The minimum atomic E-state index is -4.99. The Labute approximate surface area is 166 Å². The van der Waals surface area contributed by atoms with Gasteiger partial charge in [0.25, 0.3) is 5.91 Å². The van der Waals surface area contributed by atoms with Crippen molar-refractivity contribution in [1.82, 2.24) is 19.9 Å². The molecule has 11 heteroatoms. The predicted molar refractivity (Wildman–Crippen MR) is 95.6 cm³/mol. The lowest BCUT2D eigenvalue weighted by Crippen LogP contribution is -2.27. The molecular formula is C19H16F6N4O. The number of rotatable bonds is 4. The molecule has 0 spiro atoms. The van der Waals surface area contributed by atoms with Crippen LogP contribution in [-0.4, -0.2) is 27.0 Å². The molecule has 5 nitrogen and oxygen atoms in total. The maximum absolute atomic E-state index is 13.1. The summed E-state index contributed by atoms with van der Waals surface area (Å²) in [6, 6.07) is 4.02. The van der Waals surface area contributed by atoms with Crippen molar-refractivity contribution in [3.05, 3.63) is 53.2 Å². The summed E-state index contributed by atoms with van der Waals surface area (Å²) in [5.74, 6) is -0.501. The molecule has 1 amide bonds. The van der Waals surface area contributed by atoms with Crippen LogP contribution in [0, 0.1) is 5.92 Å². The summed E-state index contributed by atoms with van der Waals surface area (Å²) in [4.78, 5) is 12.3. The van der Waals surface area contributed by atoms with Crippen LogP contribution in [0.1, 0.15) is 35.3 Å². The molecule has 0 bridgehead atoms. The normalized spacial score (nSPS) is 12.6. The summed E-state index contributed by atoms with van der Waals surface area (Å²) >= 11 is 0. The van der Waals surface area contributed by atoms with E-state index in [1.54, 1.807) is 0 Å². The predicted octanol–water partition coefficient (Wildman–Crippen LogP) is 4.82. The zero-order valence-corrected chi connectivity index (χ0v) is 15.8. The number of hydrogen-bond donors (Lipinski definition) is 1. The second kappa shape index (κ2) is 7.62. The van der Waals surface area contributed by atoms with Crippen molar-refractivity contribution in [3.63, 3.8) is 0 Å². The number of pyridine rings is 1. The van der Waals surface area contributed by atoms with Gasteiger partial charge in [-0.25, -0.2) is 0 Å². The Hall–Kier alpha value is -3.11. The highest BCUT2D eigenvalue weighted by Gasteiger charge is 2.37. The topological polar surface area (TPSA) is 59.3 Å². The molecule has 0 saturated carbocycles. The summed E-state index contributed by atoms with van der Waals surface area (Å²) in [5, 5.41) is 10.2. The molecular weight excluding hydrogens is 414 g/mol. The molecule has 2 aromatic heterocycles. The van der Waals surface area contributed by atoms with Gasteiger partial charge in [-0.05, 0) is 36.2 Å². The third-order valence-corrected chi connectivity index (χ3v) is 4.18. The van der Waals surface area contributed by atoms with Crippen molar-refractivity contribution in [2.45, 2.75) is 26.2 Å². The van der Waals surface area contributed by atoms with Crippen LogP contribution in [0.2, 0.25) is 0 Å². The number of nitrogens with one attached hydrogen (secondary N) is 1. The Kier molecular flexibility index (Phi) is 5.48. The molecule has 160 valence electrons. The summed E-state index contributed by atoms with van der Waals surface area (Å²) in [6.45, 7) is 4.19.